The number of imidazole rings is 1. The van der Waals surface area contributed by atoms with E-state index in [4.69, 9.17) is 22.1 Å². The van der Waals surface area contributed by atoms with Crippen molar-refractivity contribution in [3.8, 4) is 0 Å². The van der Waals surface area contributed by atoms with Gasteiger partial charge < -0.3 is 15.0 Å². The van der Waals surface area contributed by atoms with Crippen LogP contribution < -0.4 is 5.73 Å². The standard InChI is InChI=1S/C13H14ClN5O/c1-20-9-4-2-8(3-5-9)6-19-7-16-12-10(19)11(14)17-13(15)18-12/h2-4,7,9H,5-6H2,1H3,(H2,15,17,18). The number of allylic oxidation sites excluding steroid dienone is 2. The molecule has 0 saturated heterocycles. The van der Waals surface area contributed by atoms with E-state index in [0.717, 1.165) is 6.42 Å². The SMILES string of the molecule is COC1C=CC(Cn2cnc3nc(N)nc(Cl)c32)=CC1. The second-order valence-corrected chi connectivity index (χ2v) is 4.92. The number of methoxy groups -OCH3 is 1. The number of fused-ring (bicyclic) bond motifs is 1. The lowest BCUT2D eigenvalue weighted by atomic mass is 10.1. The zero-order valence-electron chi connectivity index (χ0n) is 11.0. The van der Waals surface area contributed by atoms with Crippen molar-refractivity contribution in [3.63, 3.8) is 0 Å². The van der Waals surface area contributed by atoms with Gasteiger partial charge in [-0.25, -0.2) is 4.98 Å². The van der Waals surface area contributed by atoms with Gasteiger partial charge in [0, 0.05) is 13.7 Å². The monoisotopic (exact) mass is 291 g/mol. The second kappa shape index (κ2) is 5.22. The van der Waals surface area contributed by atoms with Crippen LogP contribution in [0.2, 0.25) is 5.15 Å². The highest BCUT2D eigenvalue weighted by Crippen LogP contribution is 2.22. The third-order valence-corrected chi connectivity index (χ3v) is 3.50. The number of aromatic nitrogens is 4. The van der Waals surface area contributed by atoms with Crippen molar-refractivity contribution in [2.45, 2.75) is 19.1 Å². The molecular weight excluding hydrogens is 278 g/mol. The van der Waals surface area contributed by atoms with E-state index in [1.54, 1.807) is 13.4 Å². The number of anilines is 1. The predicted molar refractivity (Wildman–Crippen MR) is 77.4 cm³/mol. The lowest BCUT2D eigenvalue weighted by Gasteiger charge is -2.15. The number of hydrogen-bond acceptors (Lipinski definition) is 5. The van der Waals surface area contributed by atoms with Gasteiger partial charge in [0.05, 0.1) is 12.4 Å². The number of halogens is 1. The highest BCUT2D eigenvalue weighted by atomic mass is 35.5. The van der Waals surface area contributed by atoms with Crippen molar-refractivity contribution in [1.82, 2.24) is 19.5 Å². The van der Waals surface area contributed by atoms with Crippen LogP contribution in [0.25, 0.3) is 11.2 Å². The molecule has 1 aliphatic carbocycles. The number of nitrogens with two attached hydrogens (primary N) is 1. The van der Waals surface area contributed by atoms with E-state index in [9.17, 15) is 0 Å². The summed E-state index contributed by atoms with van der Waals surface area (Å²) in [5.74, 6) is 0.132. The van der Waals surface area contributed by atoms with Gasteiger partial charge in [0.25, 0.3) is 0 Å². The minimum absolute atomic E-state index is 0.132. The normalized spacial score (nSPS) is 18.5. The molecule has 104 valence electrons. The number of rotatable bonds is 3. The molecule has 0 saturated carbocycles. The summed E-state index contributed by atoms with van der Waals surface area (Å²) in [6.07, 6.45) is 8.96. The summed E-state index contributed by atoms with van der Waals surface area (Å²) in [7, 11) is 1.71. The Morgan fingerprint density at radius 2 is 2.35 bits per heavy atom. The van der Waals surface area contributed by atoms with Gasteiger partial charge in [-0.2, -0.15) is 9.97 Å². The fraction of sp³-hybridized carbons (Fsp3) is 0.308. The van der Waals surface area contributed by atoms with Crippen LogP contribution in [0.1, 0.15) is 6.42 Å². The summed E-state index contributed by atoms with van der Waals surface area (Å²) < 4.78 is 7.19. The first kappa shape index (κ1) is 13.1. The van der Waals surface area contributed by atoms with Gasteiger partial charge in [-0.3, -0.25) is 0 Å². The topological polar surface area (TPSA) is 78.8 Å². The Labute approximate surface area is 120 Å². The zero-order chi connectivity index (χ0) is 14.1. The molecule has 0 radical (unpaired) electrons. The average Bonchev–Trinajstić information content (AvgIpc) is 2.82. The largest absolute Gasteiger partial charge is 0.377 e. The molecule has 3 rings (SSSR count). The van der Waals surface area contributed by atoms with E-state index in [1.165, 1.54) is 5.57 Å². The molecule has 0 aliphatic heterocycles. The molecule has 2 aromatic heterocycles. The number of nitrogens with zero attached hydrogens (tertiary/aromatic N) is 4. The summed E-state index contributed by atoms with van der Waals surface area (Å²) in [6, 6.07) is 0. The fourth-order valence-electron chi connectivity index (χ4n) is 2.20. The highest BCUT2D eigenvalue weighted by Gasteiger charge is 2.13. The Hall–Kier alpha value is -1.92. The molecule has 0 spiro atoms. The lowest BCUT2D eigenvalue weighted by Crippen LogP contribution is -2.10. The van der Waals surface area contributed by atoms with Crippen LogP contribution in [0.5, 0.6) is 0 Å². The van der Waals surface area contributed by atoms with Crippen LogP contribution >= 0.6 is 11.6 Å². The van der Waals surface area contributed by atoms with Crippen LogP contribution in [0.3, 0.4) is 0 Å². The zero-order valence-corrected chi connectivity index (χ0v) is 11.7. The molecule has 1 atom stereocenters. The molecule has 20 heavy (non-hydrogen) atoms. The number of nitrogen functional groups attached to an aromatic ring is 1. The van der Waals surface area contributed by atoms with Gasteiger partial charge in [0.2, 0.25) is 5.95 Å². The summed E-state index contributed by atoms with van der Waals surface area (Å²) in [4.78, 5) is 12.2. The molecule has 2 N–H and O–H groups in total. The summed E-state index contributed by atoms with van der Waals surface area (Å²) in [6.45, 7) is 0.663. The van der Waals surface area contributed by atoms with Crippen molar-refractivity contribution in [3.05, 3.63) is 35.3 Å². The molecule has 7 heteroatoms. The maximum atomic E-state index is 6.12. The minimum Gasteiger partial charge on any atom is -0.377 e. The Morgan fingerprint density at radius 1 is 1.50 bits per heavy atom. The van der Waals surface area contributed by atoms with Crippen molar-refractivity contribution >= 4 is 28.7 Å². The molecular formula is C13H14ClN5O. The number of ether oxygens (including phenoxy) is 1. The Morgan fingerprint density at radius 3 is 3.05 bits per heavy atom. The molecule has 6 nitrogen and oxygen atoms in total. The second-order valence-electron chi connectivity index (χ2n) is 4.57. The quantitative estimate of drug-likeness (QED) is 0.875. The molecule has 2 aromatic rings. The van der Waals surface area contributed by atoms with Crippen molar-refractivity contribution in [2.75, 3.05) is 12.8 Å². The molecule has 0 fully saturated rings. The summed E-state index contributed by atoms with van der Waals surface area (Å²) in [5, 5.41) is 0.320. The first-order chi connectivity index (χ1) is 9.67. The van der Waals surface area contributed by atoms with E-state index in [-0.39, 0.29) is 12.1 Å². The first-order valence-corrected chi connectivity index (χ1v) is 6.59. The van der Waals surface area contributed by atoms with Crippen LogP contribution in [0.4, 0.5) is 5.95 Å². The van der Waals surface area contributed by atoms with Crippen LogP contribution in [0, 0.1) is 0 Å². The third-order valence-electron chi connectivity index (χ3n) is 3.24. The third kappa shape index (κ3) is 2.39. The Kier molecular flexibility index (Phi) is 3.42. The van der Waals surface area contributed by atoms with Gasteiger partial charge in [-0.1, -0.05) is 29.8 Å². The van der Waals surface area contributed by atoms with E-state index in [0.29, 0.717) is 22.9 Å². The van der Waals surface area contributed by atoms with Gasteiger partial charge in [0.15, 0.2) is 10.8 Å². The van der Waals surface area contributed by atoms with E-state index >= 15 is 0 Å². The van der Waals surface area contributed by atoms with Gasteiger partial charge in [0.1, 0.15) is 5.52 Å². The summed E-state index contributed by atoms with van der Waals surface area (Å²) in [5.41, 5.74) is 7.94. The van der Waals surface area contributed by atoms with E-state index < -0.39 is 0 Å². The van der Waals surface area contributed by atoms with E-state index in [2.05, 4.69) is 27.1 Å². The molecule has 1 unspecified atom stereocenters. The molecule has 1 aliphatic rings. The smallest absolute Gasteiger partial charge is 0.223 e. The molecule has 0 aromatic carbocycles. The molecule has 0 bridgehead atoms. The predicted octanol–water partition coefficient (Wildman–Crippen LogP) is 1.96. The van der Waals surface area contributed by atoms with Crippen LogP contribution in [-0.2, 0) is 11.3 Å². The van der Waals surface area contributed by atoms with Crippen LogP contribution in [0.15, 0.2) is 30.1 Å². The van der Waals surface area contributed by atoms with E-state index in [1.807, 2.05) is 10.6 Å². The van der Waals surface area contributed by atoms with Gasteiger partial charge in [-0.05, 0) is 12.0 Å². The molecule has 2 heterocycles. The van der Waals surface area contributed by atoms with Crippen LogP contribution in [-0.4, -0.2) is 32.7 Å². The summed E-state index contributed by atoms with van der Waals surface area (Å²) >= 11 is 6.12. The maximum absolute atomic E-state index is 6.12. The maximum Gasteiger partial charge on any atom is 0.223 e. The number of hydrogen-bond donors (Lipinski definition) is 1. The van der Waals surface area contributed by atoms with Crippen molar-refractivity contribution < 1.29 is 4.74 Å². The van der Waals surface area contributed by atoms with Crippen molar-refractivity contribution in [2.24, 2.45) is 0 Å². The first-order valence-electron chi connectivity index (χ1n) is 6.21. The van der Waals surface area contributed by atoms with Gasteiger partial charge >= 0.3 is 0 Å². The Bertz CT molecular complexity index is 706. The Balaban J connectivity index is 1.89. The average molecular weight is 292 g/mol. The minimum atomic E-state index is 0.132. The highest BCUT2D eigenvalue weighted by molar-refractivity contribution is 6.33. The van der Waals surface area contributed by atoms with Crippen molar-refractivity contribution in [1.29, 1.82) is 0 Å². The molecule has 0 amide bonds. The van der Waals surface area contributed by atoms with Gasteiger partial charge in [-0.15, -0.1) is 0 Å². The lowest BCUT2D eigenvalue weighted by molar-refractivity contribution is 0.142. The fourth-order valence-corrected chi connectivity index (χ4v) is 2.48.